The molecule has 0 spiro atoms. The minimum atomic E-state index is -0.843. The molecule has 1 aromatic heterocycles. The maximum Gasteiger partial charge on any atom is 0.427 e. The molecule has 0 bridgehead atoms. The number of rotatable bonds is 1. The summed E-state index contributed by atoms with van der Waals surface area (Å²) in [6.07, 6.45) is -1.69. The summed E-state index contributed by atoms with van der Waals surface area (Å²) in [5.41, 5.74) is -0.148. The standard InChI is InChI=1S/C18H24BrN3O4/c1-17(2,3)25-15(23)22(16(24)26-18(4,5)6)14-20-12-10-11(19)8-9-13(12)21(14)7/h8-10H,1-7H3. The van der Waals surface area contributed by atoms with Crippen LogP contribution in [0.3, 0.4) is 0 Å². The Balaban J connectivity index is 2.54. The lowest BCUT2D eigenvalue weighted by molar-refractivity contribution is 0.0426. The summed E-state index contributed by atoms with van der Waals surface area (Å²) >= 11 is 3.39. The van der Waals surface area contributed by atoms with E-state index in [9.17, 15) is 9.59 Å². The highest BCUT2D eigenvalue weighted by Crippen LogP contribution is 2.27. The summed E-state index contributed by atoms with van der Waals surface area (Å²) in [5, 5.41) is 0. The van der Waals surface area contributed by atoms with Crippen molar-refractivity contribution in [1.82, 2.24) is 9.55 Å². The largest absolute Gasteiger partial charge is 0.443 e. The van der Waals surface area contributed by atoms with Crippen molar-refractivity contribution in [3.8, 4) is 0 Å². The molecule has 0 aliphatic rings. The van der Waals surface area contributed by atoms with Crippen molar-refractivity contribution in [2.24, 2.45) is 7.05 Å². The SMILES string of the molecule is Cn1c(N(C(=O)OC(C)(C)C)C(=O)OC(C)(C)C)nc2cc(Br)ccc21. The number of imide groups is 1. The number of halogens is 1. The van der Waals surface area contributed by atoms with Crippen LogP contribution in [0.5, 0.6) is 0 Å². The van der Waals surface area contributed by atoms with Gasteiger partial charge in [-0.1, -0.05) is 15.9 Å². The summed E-state index contributed by atoms with van der Waals surface area (Å²) in [6, 6.07) is 5.51. The lowest BCUT2D eigenvalue weighted by Gasteiger charge is -2.27. The fourth-order valence-corrected chi connectivity index (χ4v) is 2.56. The van der Waals surface area contributed by atoms with Gasteiger partial charge in [0.2, 0.25) is 5.95 Å². The summed E-state index contributed by atoms with van der Waals surface area (Å²) in [7, 11) is 1.72. The van der Waals surface area contributed by atoms with Gasteiger partial charge in [-0.2, -0.15) is 0 Å². The van der Waals surface area contributed by atoms with E-state index in [4.69, 9.17) is 9.47 Å². The van der Waals surface area contributed by atoms with Gasteiger partial charge >= 0.3 is 12.2 Å². The first kappa shape index (κ1) is 20.2. The van der Waals surface area contributed by atoms with Crippen LogP contribution in [0.15, 0.2) is 22.7 Å². The number of ether oxygens (including phenoxy) is 2. The fourth-order valence-electron chi connectivity index (χ4n) is 2.21. The number of benzene rings is 1. The predicted molar refractivity (Wildman–Crippen MR) is 103 cm³/mol. The molecule has 7 nitrogen and oxygen atoms in total. The van der Waals surface area contributed by atoms with Gasteiger partial charge < -0.3 is 14.0 Å². The highest BCUT2D eigenvalue weighted by Gasteiger charge is 2.35. The van der Waals surface area contributed by atoms with Gasteiger partial charge in [0.1, 0.15) is 11.2 Å². The molecule has 0 saturated heterocycles. The first-order chi connectivity index (χ1) is 11.8. The Morgan fingerprint density at radius 1 is 1.04 bits per heavy atom. The second-order valence-corrected chi connectivity index (χ2v) is 8.82. The summed E-state index contributed by atoms with van der Waals surface area (Å²) < 4.78 is 13.3. The smallest absolute Gasteiger partial charge is 0.427 e. The van der Waals surface area contributed by atoms with Crippen LogP contribution in [0.4, 0.5) is 15.5 Å². The normalized spacial score (nSPS) is 12.2. The Morgan fingerprint density at radius 2 is 1.54 bits per heavy atom. The highest BCUT2D eigenvalue weighted by molar-refractivity contribution is 9.10. The Labute approximate surface area is 161 Å². The number of imidazole rings is 1. The summed E-state index contributed by atoms with van der Waals surface area (Å²) in [5.74, 6) is 0.126. The third kappa shape index (κ3) is 4.75. The molecule has 0 aliphatic heterocycles. The molecule has 0 N–H and O–H groups in total. The van der Waals surface area contributed by atoms with E-state index in [1.165, 1.54) is 0 Å². The zero-order valence-electron chi connectivity index (χ0n) is 16.1. The van der Waals surface area contributed by atoms with Crippen LogP contribution in [0.2, 0.25) is 0 Å². The molecule has 142 valence electrons. The lowest BCUT2D eigenvalue weighted by atomic mass is 10.2. The molecule has 2 amide bonds. The van der Waals surface area contributed by atoms with Gasteiger partial charge in [0, 0.05) is 11.5 Å². The van der Waals surface area contributed by atoms with E-state index in [-0.39, 0.29) is 5.95 Å². The molecule has 1 aromatic carbocycles. The topological polar surface area (TPSA) is 73.7 Å². The molecular weight excluding hydrogens is 402 g/mol. The molecule has 0 radical (unpaired) electrons. The number of fused-ring (bicyclic) bond motifs is 1. The van der Waals surface area contributed by atoms with Crippen LogP contribution in [-0.4, -0.2) is 32.9 Å². The van der Waals surface area contributed by atoms with E-state index >= 15 is 0 Å². The molecule has 0 atom stereocenters. The highest BCUT2D eigenvalue weighted by atomic mass is 79.9. The van der Waals surface area contributed by atoms with Crippen molar-refractivity contribution in [3.63, 3.8) is 0 Å². The van der Waals surface area contributed by atoms with Gasteiger partial charge in [0.05, 0.1) is 11.0 Å². The first-order valence-corrected chi connectivity index (χ1v) is 8.96. The summed E-state index contributed by atoms with van der Waals surface area (Å²) in [6.45, 7) is 10.4. The molecule has 0 fully saturated rings. The van der Waals surface area contributed by atoms with Crippen molar-refractivity contribution < 1.29 is 19.1 Å². The van der Waals surface area contributed by atoms with Gasteiger partial charge in [-0.15, -0.1) is 4.90 Å². The van der Waals surface area contributed by atoms with Crippen molar-refractivity contribution in [3.05, 3.63) is 22.7 Å². The number of amides is 2. The van der Waals surface area contributed by atoms with Crippen molar-refractivity contribution in [2.75, 3.05) is 4.90 Å². The number of hydrogen-bond donors (Lipinski definition) is 0. The Bertz CT molecular complexity index is 818. The third-order valence-corrected chi connectivity index (χ3v) is 3.66. The van der Waals surface area contributed by atoms with Crippen molar-refractivity contribution in [2.45, 2.75) is 52.7 Å². The van der Waals surface area contributed by atoms with Gasteiger partial charge in [-0.05, 0) is 59.7 Å². The minimum absolute atomic E-state index is 0.126. The molecular formula is C18H24BrN3O4. The van der Waals surface area contributed by atoms with Crippen LogP contribution in [0.1, 0.15) is 41.5 Å². The zero-order valence-corrected chi connectivity index (χ0v) is 17.7. The lowest BCUT2D eigenvalue weighted by Crippen LogP contribution is -2.44. The van der Waals surface area contributed by atoms with Crippen molar-refractivity contribution >= 4 is 45.1 Å². The number of hydrogen-bond acceptors (Lipinski definition) is 5. The quantitative estimate of drug-likeness (QED) is 0.641. The zero-order chi connectivity index (χ0) is 19.9. The monoisotopic (exact) mass is 425 g/mol. The first-order valence-electron chi connectivity index (χ1n) is 8.16. The van der Waals surface area contributed by atoms with Crippen LogP contribution in [0, 0.1) is 0 Å². The number of carbonyl (C=O) groups is 2. The van der Waals surface area contributed by atoms with E-state index in [1.807, 2.05) is 12.1 Å². The summed E-state index contributed by atoms with van der Waals surface area (Å²) in [4.78, 5) is 30.7. The molecule has 0 saturated carbocycles. The third-order valence-electron chi connectivity index (χ3n) is 3.17. The molecule has 0 unspecified atom stereocenters. The number of aromatic nitrogens is 2. The fraction of sp³-hybridized carbons (Fsp3) is 0.500. The van der Waals surface area contributed by atoms with E-state index < -0.39 is 23.4 Å². The Hall–Kier alpha value is -2.09. The number of nitrogens with zero attached hydrogens (tertiary/aromatic N) is 3. The molecule has 8 heteroatoms. The van der Waals surface area contributed by atoms with Gasteiger partial charge in [0.15, 0.2) is 0 Å². The van der Waals surface area contributed by atoms with E-state index in [0.717, 1.165) is 14.9 Å². The molecule has 0 aliphatic carbocycles. The Kier molecular flexibility index (Phi) is 5.37. The average molecular weight is 426 g/mol. The second-order valence-electron chi connectivity index (χ2n) is 7.90. The Morgan fingerprint density at radius 3 is 2.00 bits per heavy atom. The van der Waals surface area contributed by atoms with Gasteiger partial charge in [0.25, 0.3) is 0 Å². The maximum absolute atomic E-state index is 12.7. The number of aryl methyl sites for hydroxylation is 1. The minimum Gasteiger partial charge on any atom is -0.443 e. The molecule has 2 aromatic rings. The predicted octanol–water partition coefficient (Wildman–Crippen LogP) is 5.01. The molecule has 1 heterocycles. The van der Waals surface area contributed by atoms with Crippen LogP contribution >= 0.6 is 15.9 Å². The van der Waals surface area contributed by atoms with Crippen LogP contribution < -0.4 is 4.90 Å². The maximum atomic E-state index is 12.7. The number of anilines is 1. The van der Waals surface area contributed by atoms with Gasteiger partial charge in [-0.3, -0.25) is 0 Å². The van der Waals surface area contributed by atoms with E-state index in [2.05, 4.69) is 20.9 Å². The molecule has 26 heavy (non-hydrogen) atoms. The van der Waals surface area contributed by atoms with Gasteiger partial charge in [-0.25, -0.2) is 14.6 Å². The molecule has 2 rings (SSSR count). The van der Waals surface area contributed by atoms with E-state index in [0.29, 0.717) is 5.52 Å². The van der Waals surface area contributed by atoms with E-state index in [1.54, 1.807) is 59.2 Å². The number of carbonyl (C=O) groups excluding carboxylic acids is 2. The van der Waals surface area contributed by atoms with Crippen LogP contribution in [0.25, 0.3) is 11.0 Å². The van der Waals surface area contributed by atoms with Crippen molar-refractivity contribution in [1.29, 1.82) is 0 Å². The van der Waals surface area contributed by atoms with Crippen LogP contribution in [-0.2, 0) is 16.5 Å². The second kappa shape index (κ2) is 6.90. The average Bonchev–Trinajstić information content (AvgIpc) is 2.71.